The van der Waals surface area contributed by atoms with Crippen molar-refractivity contribution in [3.05, 3.63) is 46.2 Å². The molecule has 1 amide bonds. The van der Waals surface area contributed by atoms with Crippen LogP contribution in [0, 0.1) is 0 Å². The molecule has 0 aliphatic rings. The normalized spacial score (nSPS) is 10.3. The van der Waals surface area contributed by atoms with E-state index in [-0.39, 0.29) is 5.56 Å². The lowest BCUT2D eigenvalue weighted by atomic mass is 10.1. The SMILES string of the molecule is CCCOc1ccc(OC)cc1-c1ccc(C(N)=O)c(=O)[nH]1. The average Bonchev–Trinajstić information content (AvgIpc) is 2.52. The minimum absolute atomic E-state index is 0.0809. The van der Waals surface area contributed by atoms with Gasteiger partial charge in [-0.25, -0.2) is 0 Å². The Morgan fingerprint density at radius 2 is 2.05 bits per heavy atom. The molecule has 0 saturated heterocycles. The summed E-state index contributed by atoms with van der Waals surface area (Å²) in [5.41, 5.74) is 5.74. The molecule has 0 aliphatic carbocycles. The van der Waals surface area contributed by atoms with Gasteiger partial charge >= 0.3 is 0 Å². The van der Waals surface area contributed by atoms with E-state index in [0.29, 0.717) is 29.4 Å². The average molecular weight is 302 g/mol. The number of carbonyl (C=O) groups is 1. The van der Waals surface area contributed by atoms with Crippen molar-refractivity contribution < 1.29 is 14.3 Å². The van der Waals surface area contributed by atoms with Crippen LogP contribution >= 0.6 is 0 Å². The largest absolute Gasteiger partial charge is 0.497 e. The molecule has 0 spiro atoms. The van der Waals surface area contributed by atoms with Gasteiger partial charge in [-0.1, -0.05) is 6.92 Å². The fourth-order valence-electron chi connectivity index (χ4n) is 2.01. The lowest BCUT2D eigenvalue weighted by Gasteiger charge is -2.12. The standard InChI is InChI=1S/C16H18N2O4/c1-3-8-22-14-7-4-10(21-2)9-12(14)13-6-5-11(15(17)19)16(20)18-13/h4-7,9H,3,8H2,1-2H3,(H2,17,19)(H,18,20). The van der Waals surface area contributed by atoms with Crippen LogP contribution in [0.15, 0.2) is 35.1 Å². The van der Waals surface area contributed by atoms with Crippen LogP contribution in [0.3, 0.4) is 0 Å². The number of nitrogens with one attached hydrogen (secondary N) is 1. The van der Waals surface area contributed by atoms with Crippen molar-refractivity contribution >= 4 is 5.91 Å². The minimum atomic E-state index is -0.763. The van der Waals surface area contributed by atoms with Gasteiger partial charge in [0, 0.05) is 5.56 Å². The van der Waals surface area contributed by atoms with Crippen molar-refractivity contribution in [1.29, 1.82) is 0 Å². The van der Waals surface area contributed by atoms with Crippen LogP contribution in [0.25, 0.3) is 11.3 Å². The van der Waals surface area contributed by atoms with Crippen LogP contribution in [0.4, 0.5) is 0 Å². The van der Waals surface area contributed by atoms with Crippen LogP contribution < -0.4 is 20.8 Å². The second-order valence-corrected chi connectivity index (χ2v) is 4.69. The molecule has 1 heterocycles. The van der Waals surface area contributed by atoms with Crippen molar-refractivity contribution in [2.45, 2.75) is 13.3 Å². The number of aromatic nitrogens is 1. The molecule has 0 aliphatic heterocycles. The Hall–Kier alpha value is -2.76. The van der Waals surface area contributed by atoms with E-state index in [1.165, 1.54) is 6.07 Å². The number of carbonyl (C=O) groups excluding carboxylic acids is 1. The van der Waals surface area contributed by atoms with E-state index in [4.69, 9.17) is 15.2 Å². The van der Waals surface area contributed by atoms with Gasteiger partial charge in [0.05, 0.1) is 19.4 Å². The number of primary amides is 1. The number of hydrogen-bond acceptors (Lipinski definition) is 4. The first-order valence-corrected chi connectivity index (χ1v) is 6.91. The lowest BCUT2D eigenvalue weighted by Crippen LogP contribution is -2.23. The maximum absolute atomic E-state index is 11.9. The Balaban J connectivity index is 2.51. The molecule has 0 unspecified atom stereocenters. The molecule has 0 atom stereocenters. The molecular formula is C16H18N2O4. The second kappa shape index (κ2) is 6.80. The van der Waals surface area contributed by atoms with Crippen molar-refractivity contribution in [3.8, 4) is 22.8 Å². The highest BCUT2D eigenvalue weighted by atomic mass is 16.5. The van der Waals surface area contributed by atoms with Crippen LogP contribution in [-0.2, 0) is 0 Å². The third-order valence-corrected chi connectivity index (χ3v) is 3.11. The molecule has 6 nitrogen and oxygen atoms in total. The van der Waals surface area contributed by atoms with Gasteiger partial charge in [0.25, 0.3) is 11.5 Å². The lowest BCUT2D eigenvalue weighted by molar-refractivity contribution is 0.0999. The first kappa shape index (κ1) is 15.6. The first-order valence-electron chi connectivity index (χ1n) is 6.91. The number of aromatic amines is 1. The van der Waals surface area contributed by atoms with Crippen LogP contribution in [0.5, 0.6) is 11.5 Å². The first-order chi connectivity index (χ1) is 10.6. The molecule has 1 aromatic carbocycles. The summed E-state index contributed by atoms with van der Waals surface area (Å²) in [7, 11) is 1.56. The molecule has 2 aromatic rings. The molecule has 22 heavy (non-hydrogen) atoms. The zero-order valence-electron chi connectivity index (χ0n) is 12.5. The maximum Gasteiger partial charge on any atom is 0.261 e. The van der Waals surface area contributed by atoms with E-state index in [2.05, 4.69) is 4.98 Å². The Morgan fingerprint density at radius 3 is 2.64 bits per heavy atom. The predicted molar refractivity (Wildman–Crippen MR) is 83.4 cm³/mol. The number of amides is 1. The molecule has 6 heteroatoms. The third kappa shape index (κ3) is 3.28. The van der Waals surface area contributed by atoms with Gasteiger partial charge in [0.15, 0.2) is 0 Å². The third-order valence-electron chi connectivity index (χ3n) is 3.11. The Bertz CT molecular complexity index is 737. The zero-order chi connectivity index (χ0) is 16.1. The summed E-state index contributed by atoms with van der Waals surface area (Å²) in [5.74, 6) is 0.504. The molecule has 0 radical (unpaired) electrons. The van der Waals surface area contributed by atoms with Gasteiger partial charge in [0.1, 0.15) is 17.1 Å². The van der Waals surface area contributed by atoms with E-state index < -0.39 is 11.5 Å². The molecule has 3 N–H and O–H groups in total. The van der Waals surface area contributed by atoms with Gasteiger partial charge in [-0.3, -0.25) is 9.59 Å². The predicted octanol–water partition coefficient (Wildman–Crippen LogP) is 1.94. The number of rotatable bonds is 6. The van der Waals surface area contributed by atoms with Crippen molar-refractivity contribution in [1.82, 2.24) is 4.98 Å². The molecule has 0 saturated carbocycles. The highest BCUT2D eigenvalue weighted by Gasteiger charge is 2.12. The van der Waals surface area contributed by atoms with Crippen molar-refractivity contribution in [2.75, 3.05) is 13.7 Å². The molecule has 1 aromatic heterocycles. The summed E-state index contributed by atoms with van der Waals surface area (Å²) in [6, 6.07) is 8.35. The number of pyridine rings is 1. The molecule has 0 fully saturated rings. The molecule has 0 bridgehead atoms. The number of ether oxygens (including phenoxy) is 2. The summed E-state index contributed by atoms with van der Waals surface area (Å²) in [6.07, 6.45) is 0.864. The fourth-order valence-corrected chi connectivity index (χ4v) is 2.01. The molecular weight excluding hydrogens is 284 g/mol. The number of methoxy groups -OCH3 is 1. The Labute approximate surface area is 127 Å². The fraction of sp³-hybridized carbons (Fsp3) is 0.250. The van der Waals surface area contributed by atoms with Gasteiger partial charge in [-0.15, -0.1) is 0 Å². The van der Waals surface area contributed by atoms with E-state index in [0.717, 1.165) is 6.42 Å². The maximum atomic E-state index is 11.9. The highest BCUT2D eigenvalue weighted by Crippen LogP contribution is 2.32. The van der Waals surface area contributed by atoms with E-state index >= 15 is 0 Å². The van der Waals surface area contributed by atoms with Crippen molar-refractivity contribution in [3.63, 3.8) is 0 Å². The Kier molecular flexibility index (Phi) is 4.83. The number of hydrogen-bond donors (Lipinski definition) is 2. The smallest absolute Gasteiger partial charge is 0.261 e. The summed E-state index contributed by atoms with van der Waals surface area (Å²) in [6.45, 7) is 2.57. The Morgan fingerprint density at radius 1 is 1.27 bits per heavy atom. The number of benzene rings is 1. The van der Waals surface area contributed by atoms with E-state index in [1.807, 2.05) is 6.92 Å². The number of H-pyrrole nitrogens is 1. The molecule has 116 valence electrons. The van der Waals surface area contributed by atoms with Crippen molar-refractivity contribution in [2.24, 2.45) is 5.73 Å². The highest BCUT2D eigenvalue weighted by molar-refractivity contribution is 5.92. The monoisotopic (exact) mass is 302 g/mol. The summed E-state index contributed by atoms with van der Waals surface area (Å²) in [4.78, 5) is 25.7. The minimum Gasteiger partial charge on any atom is -0.497 e. The second-order valence-electron chi connectivity index (χ2n) is 4.69. The summed E-state index contributed by atoms with van der Waals surface area (Å²) < 4.78 is 10.9. The van der Waals surface area contributed by atoms with E-state index in [1.54, 1.807) is 31.4 Å². The number of nitrogens with two attached hydrogens (primary N) is 1. The van der Waals surface area contributed by atoms with Gasteiger partial charge in [-0.2, -0.15) is 0 Å². The quantitative estimate of drug-likeness (QED) is 0.852. The van der Waals surface area contributed by atoms with Crippen LogP contribution in [-0.4, -0.2) is 24.6 Å². The van der Waals surface area contributed by atoms with Gasteiger partial charge in [-0.05, 0) is 36.8 Å². The summed E-state index contributed by atoms with van der Waals surface area (Å²) in [5, 5.41) is 0. The zero-order valence-corrected chi connectivity index (χ0v) is 12.5. The van der Waals surface area contributed by atoms with Crippen LogP contribution in [0.1, 0.15) is 23.7 Å². The van der Waals surface area contributed by atoms with E-state index in [9.17, 15) is 9.59 Å². The van der Waals surface area contributed by atoms with Gasteiger partial charge in [0.2, 0.25) is 0 Å². The molecule has 2 rings (SSSR count). The van der Waals surface area contributed by atoms with Gasteiger partial charge < -0.3 is 20.2 Å². The van der Waals surface area contributed by atoms with Crippen LogP contribution in [0.2, 0.25) is 0 Å². The topological polar surface area (TPSA) is 94.4 Å². The summed E-state index contributed by atoms with van der Waals surface area (Å²) >= 11 is 0.